The number of nitroso groups, excluding NO2 is 1. The number of nitrogens with zero attached hydrogens (tertiary/aromatic N) is 5. The highest BCUT2D eigenvalue weighted by molar-refractivity contribution is 7.12. The maximum Gasteiger partial charge on any atom is 0.340 e. The highest BCUT2D eigenvalue weighted by atomic mass is 32.1. The van der Waals surface area contributed by atoms with Crippen molar-refractivity contribution >= 4 is 17.3 Å². The van der Waals surface area contributed by atoms with Crippen molar-refractivity contribution in [3.8, 4) is 0 Å². The zero-order chi connectivity index (χ0) is 13.7. The average molecular weight is 281 g/mol. The Hall–Kier alpha value is -2.16. The van der Waals surface area contributed by atoms with Crippen molar-refractivity contribution in [3.05, 3.63) is 33.1 Å². The van der Waals surface area contributed by atoms with Gasteiger partial charge in [-0.2, -0.15) is 4.80 Å². The Bertz CT molecular complexity index is 553. The molecule has 0 aliphatic carbocycles. The largest absolute Gasteiger partial charge is 0.464 e. The fourth-order valence-corrected chi connectivity index (χ4v) is 2.46. The highest BCUT2D eigenvalue weighted by Crippen LogP contribution is 2.27. The van der Waals surface area contributed by atoms with Crippen LogP contribution in [0.5, 0.6) is 0 Å². The second-order valence-electron chi connectivity index (χ2n) is 3.53. The molecule has 0 aliphatic heterocycles. The van der Waals surface area contributed by atoms with E-state index < -0.39 is 12.0 Å². The van der Waals surface area contributed by atoms with Crippen molar-refractivity contribution in [3.63, 3.8) is 0 Å². The summed E-state index contributed by atoms with van der Waals surface area (Å²) in [6.45, 7) is 2.32. The van der Waals surface area contributed by atoms with Crippen molar-refractivity contribution in [1.29, 1.82) is 0 Å². The Kier molecular flexibility index (Phi) is 4.29. The number of thiophene rings is 1. The molecule has 19 heavy (non-hydrogen) atoms. The lowest BCUT2D eigenvalue weighted by atomic mass is 10.2. The van der Waals surface area contributed by atoms with E-state index in [1.54, 1.807) is 19.1 Å². The molecule has 0 amide bonds. The lowest BCUT2D eigenvalue weighted by Gasteiger charge is -2.05. The summed E-state index contributed by atoms with van der Waals surface area (Å²) in [5, 5.41) is 14.0. The Balaban J connectivity index is 2.10. The molecular weight excluding hydrogens is 270 g/mol. The zero-order valence-corrected chi connectivity index (χ0v) is 10.9. The van der Waals surface area contributed by atoms with Crippen LogP contribution in [-0.2, 0) is 16.1 Å². The molecule has 2 aromatic rings. The third-order valence-electron chi connectivity index (χ3n) is 2.26. The fraction of sp³-hybridized carbons (Fsp3) is 0.400. The maximum atomic E-state index is 11.6. The summed E-state index contributed by atoms with van der Waals surface area (Å²) >= 11 is 1.29. The van der Waals surface area contributed by atoms with Gasteiger partial charge in [0.2, 0.25) is 6.04 Å². The highest BCUT2D eigenvalue weighted by Gasteiger charge is 2.24. The number of tetrazole rings is 1. The first kappa shape index (κ1) is 13.3. The van der Waals surface area contributed by atoms with Crippen LogP contribution in [0.15, 0.2) is 23.6 Å². The van der Waals surface area contributed by atoms with Crippen LogP contribution in [-0.4, -0.2) is 32.8 Å². The van der Waals surface area contributed by atoms with Gasteiger partial charge in [-0.05, 0) is 29.4 Å². The van der Waals surface area contributed by atoms with Gasteiger partial charge in [0.05, 0.1) is 13.2 Å². The number of hydrogen-bond acceptors (Lipinski definition) is 8. The molecule has 0 spiro atoms. The minimum Gasteiger partial charge on any atom is -0.464 e. The standard InChI is InChI=1S/C10H11N5O3S/c1-2-18-10(16)9(13-17)8-4-3-7(19-8)5-15-12-6-11-14-15/h3-4,6,9H,2,5H2,1H3. The minimum absolute atomic E-state index is 0.214. The summed E-state index contributed by atoms with van der Waals surface area (Å²) in [5.74, 6) is -0.634. The number of hydrogen-bond donors (Lipinski definition) is 0. The van der Waals surface area contributed by atoms with E-state index in [4.69, 9.17) is 4.74 Å². The number of esters is 1. The first-order valence-corrected chi connectivity index (χ1v) is 6.34. The monoisotopic (exact) mass is 281 g/mol. The third kappa shape index (κ3) is 3.19. The third-order valence-corrected chi connectivity index (χ3v) is 3.38. The van der Waals surface area contributed by atoms with Gasteiger partial charge in [0.25, 0.3) is 0 Å². The second kappa shape index (κ2) is 6.14. The van der Waals surface area contributed by atoms with E-state index in [1.165, 1.54) is 22.5 Å². The Labute approximate surface area is 112 Å². The quantitative estimate of drug-likeness (QED) is 0.581. The fourth-order valence-electron chi connectivity index (χ4n) is 1.46. The normalized spacial score (nSPS) is 12.1. The van der Waals surface area contributed by atoms with Crippen molar-refractivity contribution in [2.24, 2.45) is 5.18 Å². The molecule has 2 heterocycles. The van der Waals surface area contributed by atoms with Gasteiger partial charge in [0, 0.05) is 9.75 Å². The molecule has 2 rings (SSSR count). The van der Waals surface area contributed by atoms with Gasteiger partial charge in [-0.1, -0.05) is 0 Å². The molecule has 9 heteroatoms. The molecule has 0 aromatic carbocycles. The molecule has 0 bridgehead atoms. The van der Waals surface area contributed by atoms with Crippen LogP contribution < -0.4 is 0 Å². The Morgan fingerprint density at radius 2 is 2.42 bits per heavy atom. The van der Waals surface area contributed by atoms with Crippen LogP contribution in [0, 0.1) is 4.91 Å². The molecule has 100 valence electrons. The SMILES string of the molecule is CCOC(=O)C(N=O)c1ccc(Cn2ncnn2)s1. The molecule has 8 nitrogen and oxygen atoms in total. The Morgan fingerprint density at radius 3 is 3.05 bits per heavy atom. The van der Waals surface area contributed by atoms with Crippen LogP contribution in [0.1, 0.15) is 22.7 Å². The number of carbonyl (C=O) groups excluding carboxylic acids is 1. The van der Waals surface area contributed by atoms with E-state index in [0.29, 0.717) is 11.4 Å². The van der Waals surface area contributed by atoms with Gasteiger partial charge in [0.15, 0.2) is 6.33 Å². The summed E-state index contributed by atoms with van der Waals surface area (Å²) in [7, 11) is 0. The van der Waals surface area contributed by atoms with E-state index in [1.807, 2.05) is 0 Å². The van der Waals surface area contributed by atoms with E-state index >= 15 is 0 Å². The van der Waals surface area contributed by atoms with Gasteiger partial charge in [-0.15, -0.1) is 26.4 Å². The lowest BCUT2D eigenvalue weighted by Crippen LogP contribution is -2.12. The van der Waals surface area contributed by atoms with Gasteiger partial charge in [-0.3, -0.25) is 0 Å². The summed E-state index contributed by atoms with van der Waals surface area (Å²) in [5.41, 5.74) is 0. The van der Waals surface area contributed by atoms with Gasteiger partial charge >= 0.3 is 5.97 Å². The first-order valence-electron chi connectivity index (χ1n) is 5.53. The van der Waals surface area contributed by atoms with Crippen LogP contribution in [0.3, 0.4) is 0 Å². The predicted molar refractivity (Wildman–Crippen MR) is 66.4 cm³/mol. The van der Waals surface area contributed by atoms with Crippen molar-refractivity contribution in [2.75, 3.05) is 6.61 Å². The summed E-state index contributed by atoms with van der Waals surface area (Å²) in [4.78, 5) is 25.2. The lowest BCUT2D eigenvalue weighted by molar-refractivity contribution is -0.144. The smallest absolute Gasteiger partial charge is 0.340 e. The molecule has 1 atom stereocenters. The summed E-state index contributed by atoms with van der Waals surface area (Å²) < 4.78 is 4.80. The molecule has 0 saturated heterocycles. The van der Waals surface area contributed by atoms with Crippen LogP contribution >= 0.6 is 11.3 Å². The Morgan fingerprint density at radius 1 is 1.58 bits per heavy atom. The first-order chi connectivity index (χ1) is 9.24. The molecule has 2 aromatic heterocycles. The van der Waals surface area contributed by atoms with Crippen LogP contribution in [0.2, 0.25) is 0 Å². The van der Waals surface area contributed by atoms with Gasteiger partial charge in [-0.25, -0.2) is 4.79 Å². The number of rotatable bonds is 6. The predicted octanol–water partition coefficient (Wildman–Crippen LogP) is 1.15. The van der Waals surface area contributed by atoms with Crippen LogP contribution in [0.4, 0.5) is 0 Å². The van der Waals surface area contributed by atoms with E-state index in [9.17, 15) is 9.70 Å². The molecule has 0 aliphatic rings. The molecule has 1 unspecified atom stereocenters. The summed E-state index contributed by atoms with van der Waals surface area (Å²) in [6.07, 6.45) is 1.34. The molecule has 0 fully saturated rings. The minimum atomic E-state index is -1.11. The number of aromatic nitrogens is 4. The topological polar surface area (TPSA) is 99.3 Å². The number of ether oxygens (including phenoxy) is 1. The molecule has 0 radical (unpaired) electrons. The molecule has 0 N–H and O–H groups in total. The van der Waals surface area contributed by atoms with Crippen LogP contribution in [0.25, 0.3) is 0 Å². The molecule has 0 saturated carbocycles. The zero-order valence-electron chi connectivity index (χ0n) is 10.1. The van der Waals surface area contributed by atoms with Gasteiger partial charge in [0.1, 0.15) is 0 Å². The van der Waals surface area contributed by atoms with E-state index in [2.05, 4.69) is 20.6 Å². The van der Waals surface area contributed by atoms with Crippen molar-refractivity contribution in [1.82, 2.24) is 20.2 Å². The maximum absolute atomic E-state index is 11.6. The van der Waals surface area contributed by atoms with Crippen molar-refractivity contribution < 1.29 is 9.53 Å². The number of carbonyl (C=O) groups is 1. The molecular formula is C10H11N5O3S. The van der Waals surface area contributed by atoms with E-state index in [0.717, 1.165) is 4.88 Å². The van der Waals surface area contributed by atoms with Gasteiger partial charge < -0.3 is 4.74 Å². The second-order valence-corrected chi connectivity index (χ2v) is 4.73. The van der Waals surface area contributed by atoms with E-state index in [-0.39, 0.29) is 6.61 Å². The van der Waals surface area contributed by atoms with Crippen molar-refractivity contribution in [2.45, 2.75) is 19.5 Å². The average Bonchev–Trinajstić information content (AvgIpc) is 3.03. The summed E-state index contributed by atoms with van der Waals surface area (Å²) in [6, 6.07) is 2.36.